The number of methoxy groups -OCH3 is 1. The molecule has 0 saturated carbocycles. The summed E-state index contributed by atoms with van der Waals surface area (Å²) in [6.07, 6.45) is 3.12. The van der Waals surface area contributed by atoms with Crippen LogP contribution in [0.2, 0.25) is 5.02 Å². The molecule has 0 unspecified atom stereocenters. The summed E-state index contributed by atoms with van der Waals surface area (Å²) < 4.78 is 6.91. The third-order valence-corrected chi connectivity index (χ3v) is 4.50. The largest absolute Gasteiger partial charge is 0.496 e. The number of anilines is 1. The lowest BCUT2D eigenvalue weighted by Gasteiger charge is -2.39. The highest BCUT2D eigenvalue weighted by Crippen LogP contribution is 2.29. The minimum atomic E-state index is -0.134. The van der Waals surface area contributed by atoms with Crippen molar-refractivity contribution in [3.63, 3.8) is 0 Å². The van der Waals surface area contributed by atoms with Crippen LogP contribution < -0.4 is 15.2 Å². The maximum Gasteiger partial charge on any atom is 0.267 e. The molecule has 2 aromatic heterocycles. The second-order valence-corrected chi connectivity index (χ2v) is 6.40. The molecule has 1 fully saturated rings. The molecule has 3 heterocycles. The quantitative estimate of drug-likeness (QED) is 0.703. The van der Waals surface area contributed by atoms with Gasteiger partial charge in [0.15, 0.2) is 0 Å². The molecule has 132 valence electrons. The summed E-state index contributed by atoms with van der Waals surface area (Å²) in [6.45, 7) is 1.23. The normalized spacial score (nSPS) is 14.2. The maximum atomic E-state index is 12.3. The Balaban J connectivity index is 1.58. The molecule has 0 bridgehead atoms. The Morgan fingerprint density at radius 1 is 1.12 bits per heavy atom. The van der Waals surface area contributed by atoms with Gasteiger partial charge in [-0.25, -0.2) is 14.6 Å². The number of aromatic nitrogens is 4. The average molecular weight is 370 g/mol. The SMILES string of the molecule is COc1ccccc1-c1ccc(=O)n(C2CN(c3ncc(Cl)cn3)C2)n1. The molecule has 0 aliphatic carbocycles. The molecular formula is C18H16ClN5O2. The number of hydrogen-bond donors (Lipinski definition) is 0. The molecule has 0 radical (unpaired) electrons. The molecule has 1 aliphatic heterocycles. The van der Waals surface area contributed by atoms with E-state index in [2.05, 4.69) is 15.1 Å². The number of halogens is 1. The van der Waals surface area contributed by atoms with Crippen LogP contribution in [-0.4, -0.2) is 39.9 Å². The summed E-state index contributed by atoms with van der Waals surface area (Å²) in [6, 6.07) is 10.8. The number of para-hydroxylation sites is 1. The molecule has 26 heavy (non-hydrogen) atoms. The molecule has 0 spiro atoms. The molecule has 0 amide bonds. The molecule has 1 aliphatic rings. The molecule has 1 saturated heterocycles. The van der Waals surface area contributed by atoms with Crippen molar-refractivity contribution >= 4 is 17.5 Å². The third kappa shape index (κ3) is 3.01. The number of ether oxygens (including phenoxy) is 1. The molecular weight excluding hydrogens is 354 g/mol. The van der Waals surface area contributed by atoms with Crippen molar-refractivity contribution in [1.82, 2.24) is 19.7 Å². The fourth-order valence-corrected chi connectivity index (χ4v) is 3.03. The lowest BCUT2D eigenvalue weighted by atomic mass is 10.1. The molecule has 8 heteroatoms. The zero-order valence-electron chi connectivity index (χ0n) is 14.0. The van der Waals surface area contributed by atoms with E-state index < -0.39 is 0 Å². The lowest BCUT2D eigenvalue weighted by Crippen LogP contribution is -2.51. The number of benzene rings is 1. The highest BCUT2D eigenvalue weighted by Gasteiger charge is 2.31. The Labute approximate surface area is 154 Å². The Morgan fingerprint density at radius 3 is 2.58 bits per heavy atom. The summed E-state index contributed by atoms with van der Waals surface area (Å²) in [4.78, 5) is 22.7. The summed E-state index contributed by atoms with van der Waals surface area (Å²) in [7, 11) is 1.62. The van der Waals surface area contributed by atoms with Gasteiger partial charge in [-0.1, -0.05) is 23.7 Å². The Hall–Kier alpha value is -2.93. The van der Waals surface area contributed by atoms with Gasteiger partial charge in [0.25, 0.3) is 5.56 Å². The van der Waals surface area contributed by atoms with Crippen LogP contribution in [-0.2, 0) is 0 Å². The second-order valence-electron chi connectivity index (χ2n) is 5.96. The summed E-state index contributed by atoms with van der Waals surface area (Å²) in [5.74, 6) is 1.31. The van der Waals surface area contributed by atoms with Crippen molar-refractivity contribution in [1.29, 1.82) is 0 Å². The van der Waals surface area contributed by atoms with Gasteiger partial charge in [0.1, 0.15) is 5.75 Å². The van der Waals surface area contributed by atoms with Crippen LogP contribution in [0, 0.1) is 0 Å². The van der Waals surface area contributed by atoms with E-state index in [0.717, 1.165) is 11.3 Å². The first kappa shape index (κ1) is 16.5. The van der Waals surface area contributed by atoms with E-state index >= 15 is 0 Å². The van der Waals surface area contributed by atoms with E-state index in [4.69, 9.17) is 16.3 Å². The van der Waals surface area contributed by atoms with Crippen molar-refractivity contribution in [3.8, 4) is 17.0 Å². The minimum absolute atomic E-state index is 0.0311. The predicted molar refractivity (Wildman–Crippen MR) is 98.8 cm³/mol. The third-order valence-electron chi connectivity index (χ3n) is 4.31. The van der Waals surface area contributed by atoms with Crippen LogP contribution in [0.4, 0.5) is 5.95 Å². The first-order valence-corrected chi connectivity index (χ1v) is 8.49. The summed E-state index contributed by atoms with van der Waals surface area (Å²) in [5.41, 5.74) is 1.41. The average Bonchev–Trinajstić information content (AvgIpc) is 2.63. The van der Waals surface area contributed by atoms with Crippen molar-refractivity contribution in [2.45, 2.75) is 6.04 Å². The van der Waals surface area contributed by atoms with Crippen LogP contribution in [0.5, 0.6) is 5.75 Å². The minimum Gasteiger partial charge on any atom is -0.496 e. The Kier molecular flexibility index (Phi) is 4.30. The summed E-state index contributed by atoms with van der Waals surface area (Å²) >= 11 is 5.81. The highest BCUT2D eigenvalue weighted by atomic mass is 35.5. The van der Waals surface area contributed by atoms with Crippen molar-refractivity contribution in [2.24, 2.45) is 0 Å². The van der Waals surface area contributed by atoms with E-state index in [-0.39, 0.29) is 11.6 Å². The fraction of sp³-hybridized carbons (Fsp3) is 0.222. The van der Waals surface area contributed by atoms with E-state index in [1.165, 1.54) is 10.7 Å². The van der Waals surface area contributed by atoms with Gasteiger partial charge >= 0.3 is 0 Å². The lowest BCUT2D eigenvalue weighted by molar-refractivity contribution is 0.350. The van der Waals surface area contributed by atoms with Gasteiger partial charge in [-0.2, -0.15) is 5.10 Å². The predicted octanol–water partition coefficient (Wildman–Crippen LogP) is 2.42. The Bertz CT molecular complexity index is 983. The van der Waals surface area contributed by atoms with E-state index in [1.54, 1.807) is 25.6 Å². The fourth-order valence-electron chi connectivity index (χ4n) is 2.93. The van der Waals surface area contributed by atoms with Crippen LogP contribution >= 0.6 is 11.6 Å². The number of hydrogen-bond acceptors (Lipinski definition) is 6. The van der Waals surface area contributed by atoms with Crippen molar-refractivity contribution < 1.29 is 4.74 Å². The van der Waals surface area contributed by atoms with Gasteiger partial charge in [-0.3, -0.25) is 4.79 Å². The van der Waals surface area contributed by atoms with Crippen LogP contribution in [0.3, 0.4) is 0 Å². The van der Waals surface area contributed by atoms with Gasteiger partial charge < -0.3 is 9.64 Å². The summed E-state index contributed by atoms with van der Waals surface area (Å²) in [5, 5.41) is 5.04. The van der Waals surface area contributed by atoms with E-state index in [0.29, 0.717) is 29.8 Å². The smallest absolute Gasteiger partial charge is 0.267 e. The zero-order chi connectivity index (χ0) is 18.1. The molecule has 0 atom stereocenters. The zero-order valence-corrected chi connectivity index (χ0v) is 14.8. The highest BCUT2D eigenvalue weighted by molar-refractivity contribution is 6.30. The van der Waals surface area contributed by atoms with Crippen LogP contribution in [0.1, 0.15) is 6.04 Å². The first-order valence-electron chi connectivity index (χ1n) is 8.11. The standard InChI is InChI=1S/C18H16ClN5O2/c1-26-16-5-3-2-4-14(16)15-6-7-17(25)24(22-15)13-10-23(11-13)18-20-8-12(19)9-21-18/h2-9,13H,10-11H2,1H3. The second kappa shape index (κ2) is 6.76. The molecule has 7 nitrogen and oxygen atoms in total. The van der Waals surface area contributed by atoms with Crippen molar-refractivity contribution in [3.05, 3.63) is 64.2 Å². The molecule has 4 rings (SSSR count). The van der Waals surface area contributed by atoms with Gasteiger partial charge in [-0.05, 0) is 18.2 Å². The first-order chi connectivity index (χ1) is 12.7. The number of rotatable bonds is 4. The topological polar surface area (TPSA) is 73.1 Å². The van der Waals surface area contributed by atoms with Gasteiger partial charge in [0.2, 0.25) is 5.95 Å². The monoisotopic (exact) mass is 369 g/mol. The van der Waals surface area contributed by atoms with Gasteiger partial charge in [0, 0.05) is 24.7 Å². The van der Waals surface area contributed by atoms with Crippen molar-refractivity contribution in [2.75, 3.05) is 25.1 Å². The van der Waals surface area contributed by atoms with Gasteiger partial charge in [-0.15, -0.1) is 0 Å². The van der Waals surface area contributed by atoms with Gasteiger partial charge in [0.05, 0.1) is 36.3 Å². The van der Waals surface area contributed by atoms with Crippen LogP contribution in [0.25, 0.3) is 11.3 Å². The van der Waals surface area contributed by atoms with Crippen LogP contribution in [0.15, 0.2) is 53.6 Å². The van der Waals surface area contributed by atoms with E-state index in [9.17, 15) is 4.79 Å². The number of nitrogens with zero attached hydrogens (tertiary/aromatic N) is 5. The molecule has 0 N–H and O–H groups in total. The molecule has 1 aromatic carbocycles. The Morgan fingerprint density at radius 2 is 1.85 bits per heavy atom. The van der Waals surface area contributed by atoms with E-state index in [1.807, 2.05) is 29.2 Å². The molecule has 3 aromatic rings. The maximum absolute atomic E-state index is 12.3.